The van der Waals surface area contributed by atoms with Gasteiger partial charge in [0.2, 0.25) is 0 Å². The maximum Gasteiger partial charge on any atom is 0.416 e. The molecular weight excluding hydrogens is 294 g/mol. The van der Waals surface area contributed by atoms with E-state index in [4.69, 9.17) is 9.84 Å². The summed E-state index contributed by atoms with van der Waals surface area (Å²) in [6, 6.07) is 2.23. The molecule has 116 valence electrons. The van der Waals surface area contributed by atoms with E-state index in [2.05, 4.69) is 0 Å². The van der Waals surface area contributed by atoms with Crippen LogP contribution < -0.4 is 4.90 Å². The molecule has 1 fully saturated rings. The van der Waals surface area contributed by atoms with Crippen LogP contribution in [0.5, 0.6) is 0 Å². The lowest BCUT2D eigenvalue weighted by Crippen LogP contribution is -2.25. The number of anilines is 1. The second kappa shape index (κ2) is 5.88. The number of carboxylic acid groups (broad SMARTS) is 1. The Morgan fingerprint density at radius 2 is 2.14 bits per heavy atom. The average molecular weight is 307 g/mol. The molecule has 1 aliphatic heterocycles. The number of benzene rings is 1. The van der Waals surface area contributed by atoms with Gasteiger partial charge in [-0.25, -0.2) is 9.18 Å². The number of carbonyl (C=O) groups is 1. The zero-order valence-corrected chi connectivity index (χ0v) is 10.9. The van der Waals surface area contributed by atoms with Crippen LogP contribution in [0.2, 0.25) is 0 Å². The largest absolute Gasteiger partial charge is 0.480 e. The summed E-state index contributed by atoms with van der Waals surface area (Å²) in [4.78, 5) is 11.8. The van der Waals surface area contributed by atoms with E-state index in [9.17, 15) is 22.4 Å². The van der Waals surface area contributed by atoms with Gasteiger partial charge in [-0.2, -0.15) is 13.2 Å². The Kier molecular flexibility index (Phi) is 4.36. The summed E-state index contributed by atoms with van der Waals surface area (Å²) in [7, 11) is 0. The molecule has 1 aromatic rings. The Morgan fingerprint density at radius 3 is 2.76 bits per heavy atom. The van der Waals surface area contributed by atoms with Crippen molar-refractivity contribution in [2.75, 3.05) is 24.6 Å². The second-order valence-corrected chi connectivity index (χ2v) is 4.73. The summed E-state index contributed by atoms with van der Waals surface area (Å²) >= 11 is 0. The molecule has 0 aliphatic carbocycles. The lowest BCUT2D eigenvalue weighted by Gasteiger charge is -2.20. The van der Waals surface area contributed by atoms with Gasteiger partial charge < -0.3 is 14.7 Å². The molecule has 0 aromatic heterocycles. The van der Waals surface area contributed by atoms with Crippen LogP contribution in [-0.2, 0) is 15.7 Å². The van der Waals surface area contributed by atoms with E-state index in [1.54, 1.807) is 0 Å². The summed E-state index contributed by atoms with van der Waals surface area (Å²) in [6.07, 6.45) is -4.54. The van der Waals surface area contributed by atoms with Gasteiger partial charge >= 0.3 is 12.1 Å². The van der Waals surface area contributed by atoms with Crippen LogP contribution in [0, 0.1) is 5.82 Å². The maximum atomic E-state index is 13.7. The minimum atomic E-state index is -4.54. The zero-order chi connectivity index (χ0) is 15.6. The predicted octanol–water partition coefficient (Wildman–Crippen LogP) is 2.52. The number of carboxylic acids is 1. The molecule has 1 heterocycles. The van der Waals surface area contributed by atoms with Gasteiger partial charge in [-0.3, -0.25) is 0 Å². The molecular formula is C13H13F4NO3. The number of nitrogens with zero attached hydrogens (tertiary/aromatic N) is 1. The molecule has 1 aromatic carbocycles. The number of hydrogen-bond acceptors (Lipinski definition) is 3. The van der Waals surface area contributed by atoms with Gasteiger partial charge in [-0.05, 0) is 24.6 Å². The van der Waals surface area contributed by atoms with E-state index in [0.717, 1.165) is 12.1 Å². The molecule has 0 radical (unpaired) electrons. The van der Waals surface area contributed by atoms with E-state index < -0.39 is 36.2 Å². The van der Waals surface area contributed by atoms with Crippen molar-refractivity contribution in [3.05, 3.63) is 29.6 Å². The summed E-state index contributed by atoms with van der Waals surface area (Å²) in [5, 5.41) is 8.50. The SMILES string of the molecule is O=C(O)COC1CCN(c2cc(C(F)(F)F)ccc2F)C1. The smallest absolute Gasteiger partial charge is 0.416 e. The van der Waals surface area contributed by atoms with Crippen molar-refractivity contribution in [1.82, 2.24) is 0 Å². The van der Waals surface area contributed by atoms with Crippen molar-refractivity contribution in [3.8, 4) is 0 Å². The summed E-state index contributed by atoms with van der Waals surface area (Å²) in [6.45, 7) is -0.0163. The Bertz CT molecular complexity index is 533. The van der Waals surface area contributed by atoms with Gasteiger partial charge in [0.25, 0.3) is 0 Å². The van der Waals surface area contributed by atoms with Crippen LogP contribution in [-0.4, -0.2) is 36.9 Å². The highest BCUT2D eigenvalue weighted by Gasteiger charge is 2.33. The molecule has 21 heavy (non-hydrogen) atoms. The highest BCUT2D eigenvalue weighted by atomic mass is 19.4. The minimum absolute atomic E-state index is 0.147. The van der Waals surface area contributed by atoms with Crippen molar-refractivity contribution < 1.29 is 32.2 Å². The van der Waals surface area contributed by atoms with Crippen molar-refractivity contribution in [1.29, 1.82) is 0 Å². The van der Waals surface area contributed by atoms with Crippen LogP contribution in [0.15, 0.2) is 18.2 Å². The zero-order valence-electron chi connectivity index (χ0n) is 10.9. The van der Waals surface area contributed by atoms with Crippen molar-refractivity contribution >= 4 is 11.7 Å². The quantitative estimate of drug-likeness (QED) is 0.869. The predicted molar refractivity (Wildman–Crippen MR) is 65.6 cm³/mol. The van der Waals surface area contributed by atoms with Gasteiger partial charge in [-0.1, -0.05) is 0 Å². The number of rotatable bonds is 4. The lowest BCUT2D eigenvalue weighted by molar-refractivity contribution is -0.144. The fraction of sp³-hybridized carbons (Fsp3) is 0.462. The van der Waals surface area contributed by atoms with Crippen molar-refractivity contribution in [2.45, 2.75) is 18.7 Å². The normalized spacial score (nSPS) is 19.0. The summed E-state index contributed by atoms with van der Waals surface area (Å²) < 4.78 is 56.7. The van der Waals surface area contributed by atoms with Crippen LogP contribution in [0.3, 0.4) is 0 Å². The number of hydrogen-bond donors (Lipinski definition) is 1. The number of halogens is 4. The molecule has 4 nitrogen and oxygen atoms in total. The molecule has 1 atom stereocenters. The van der Waals surface area contributed by atoms with Crippen LogP contribution in [0.25, 0.3) is 0 Å². The first kappa shape index (κ1) is 15.6. The fourth-order valence-corrected chi connectivity index (χ4v) is 2.20. The Hall–Kier alpha value is -1.83. The van der Waals surface area contributed by atoms with E-state index >= 15 is 0 Å². The molecule has 0 spiro atoms. The third-order valence-electron chi connectivity index (χ3n) is 3.20. The second-order valence-electron chi connectivity index (χ2n) is 4.73. The summed E-state index contributed by atoms with van der Waals surface area (Å²) in [5.41, 5.74) is -1.07. The van der Waals surface area contributed by atoms with Gasteiger partial charge in [0.15, 0.2) is 0 Å². The van der Waals surface area contributed by atoms with E-state index in [1.165, 1.54) is 4.90 Å². The standard InChI is InChI=1S/C13H13F4NO3/c14-10-2-1-8(13(15,16)17)5-11(10)18-4-3-9(6-18)21-7-12(19)20/h1-2,5,9H,3-4,6-7H2,(H,19,20). The molecule has 2 rings (SSSR count). The van der Waals surface area contributed by atoms with Gasteiger partial charge in [0.1, 0.15) is 12.4 Å². The first-order valence-corrected chi connectivity index (χ1v) is 6.22. The highest BCUT2D eigenvalue weighted by Crippen LogP contribution is 2.34. The minimum Gasteiger partial charge on any atom is -0.480 e. The first-order chi connectivity index (χ1) is 9.77. The van der Waals surface area contributed by atoms with E-state index in [-0.39, 0.29) is 12.2 Å². The Labute approximate surface area is 117 Å². The third kappa shape index (κ3) is 3.84. The number of aliphatic carboxylic acids is 1. The van der Waals surface area contributed by atoms with Crippen LogP contribution >= 0.6 is 0 Å². The van der Waals surface area contributed by atoms with Gasteiger partial charge in [-0.15, -0.1) is 0 Å². The summed E-state index contributed by atoms with van der Waals surface area (Å²) in [5.74, 6) is -1.87. The van der Waals surface area contributed by atoms with Gasteiger partial charge in [0.05, 0.1) is 17.4 Å². The first-order valence-electron chi connectivity index (χ1n) is 6.22. The monoisotopic (exact) mass is 307 g/mol. The molecule has 8 heteroatoms. The average Bonchev–Trinajstić information content (AvgIpc) is 2.84. The number of alkyl halides is 3. The van der Waals surface area contributed by atoms with Crippen molar-refractivity contribution in [3.63, 3.8) is 0 Å². The topological polar surface area (TPSA) is 49.8 Å². The van der Waals surface area contributed by atoms with Crippen LogP contribution in [0.4, 0.5) is 23.2 Å². The van der Waals surface area contributed by atoms with Crippen molar-refractivity contribution in [2.24, 2.45) is 0 Å². The lowest BCUT2D eigenvalue weighted by atomic mass is 10.1. The van der Waals surface area contributed by atoms with E-state index in [0.29, 0.717) is 19.0 Å². The molecule has 1 aliphatic rings. The molecule has 0 bridgehead atoms. The Morgan fingerprint density at radius 1 is 1.43 bits per heavy atom. The fourth-order valence-electron chi connectivity index (χ4n) is 2.20. The molecule has 0 saturated carbocycles. The maximum absolute atomic E-state index is 13.7. The highest BCUT2D eigenvalue weighted by molar-refractivity contribution is 5.68. The van der Waals surface area contributed by atoms with Gasteiger partial charge in [0, 0.05) is 13.1 Å². The third-order valence-corrected chi connectivity index (χ3v) is 3.20. The number of ether oxygens (including phenoxy) is 1. The molecule has 0 amide bonds. The molecule has 1 saturated heterocycles. The van der Waals surface area contributed by atoms with Crippen LogP contribution in [0.1, 0.15) is 12.0 Å². The molecule has 1 unspecified atom stereocenters. The van der Waals surface area contributed by atoms with E-state index in [1.807, 2.05) is 0 Å². The molecule has 1 N–H and O–H groups in total. The Balaban J connectivity index is 2.10.